The van der Waals surface area contributed by atoms with E-state index in [2.05, 4.69) is 31.2 Å². The molecule has 1 aromatic rings. The van der Waals surface area contributed by atoms with E-state index in [0.29, 0.717) is 19.5 Å². The van der Waals surface area contributed by atoms with Crippen LogP contribution in [0.25, 0.3) is 0 Å². The van der Waals surface area contributed by atoms with E-state index >= 15 is 0 Å². The second-order valence-electron chi connectivity index (χ2n) is 5.00. The SMILES string of the molecule is CCC(=O)N1C[C@@H](C)O[C@H](c2ccc(C)cc2)C1. The third kappa shape index (κ3) is 2.91. The van der Waals surface area contributed by atoms with Gasteiger partial charge in [0.25, 0.3) is 0 Å². The first kappa shape index (κ1) is 13.1. The Balaban J connectivity index is 2.13. The quantitative estimate of drug-likeness (QED) is 0.804. The van der Waals surface area contributed by atoms with Crippen molar-refractivity contribution >= 4 is 5.91 Å². The predicted molar refractivity (Wildman–Crippen MR) is 71.3 cm³/mol. The molecule has 1 fully saturated rings. The van der Waals surface area contributed by atoms with Gasteiger partial charge in [0.2, 0.25) is 5.91 Å². The molecule has 1 saturated heterocycles. The maximum Gasteiger partial charge on any atom is 0.222 e. The van der Waals surface area contributed by atoms with Gasteiger partial charge in [-0.15, -0.1) is 0 Å². The number of carbonyl (C=O) groups excluding carboxylic acids is 1. The average molecular weight is 247 g/mol. The lowest BCUT2D eigenvalue weighted by atomic mass is 10.0. The average Bonchev–Trinajstić information content (AvgIpc) is 2.38. The van der Waals surface area contributed by atoms with E-state index in [0.717, 1.165) is 5.56 Å². The summed E-state index contributed by atoms with van der Waals surface area (Å²) in [5.74, 6) is 0.210. The van der Waals surface area contributed by atoms with Gasteiger partial charge in [-0.3, -0.25) is 4.79 Å². The van der Waals surface area contributed by atoms with Crippen molar-refractivity contribution in [3.05, 3.63) is 35.4 Å². The largest absolute Gasteiger partial charge is 0.367 e. The Morgan fingerprint density at radius 2 is 2.00 bits per heavy atom. The standard InChI is InChI=1S/C15H21NO2/c1-4-15(17)16-9-12(3)18-14(10-16)13-7-5-11(2)6-8-13/h5-8,12,14H,4,9-10H2,1-3H3/t12-,14+/m1/s1. The van der Waals surface area contributed by atoms with Crippen molar-refractivity contribution in [1.29, 1.82) is 0 Å². The number of aryl methyl sites for hydroxylation is 1. The summed E-state index contributed by atoms with van der Waals surface area (Å²) in [7, 11) is 0. The Bertz CT molecular complexity index is 413. The number of rotatable bonds is 2. The highest BCUT2D eigenvalue weighted by atomic mass is 16.5. The van der Waals surface area contributed by atoms with E-state index in [-0.39, 0.29) is 18.1 Å². The van der Waals surface area contributed by atoms with E-state index in [1.807, 2.05) is 18.7 Å². The highest BCUT2D eigenvalue weighted by Gasteiger charge is 2.28. The zero-order valence-electron chi connectivity index (χ0n) is 11.3. The molecule has 0 unspecified atom stereocenters. The normalized spacial score (nSPS) is 24.1. The smallest absolute Gasteiger partial charge is 0.222 e. The van der Waals surface area contributed by atoms with Crippen LogP contribution in [0.4, 0.5) is 0 Å². The van der Waals surface area contributed by atoms with Crippen molar-refractivity contribution in [2.45, 2.75) is 39.4 Å². The fourth-order valence-corrected chi connectivity index (χ4v) is 2.34. The van der Waals surface area contributed by atoms with Gasteiger partial charge in [0.05, 0.1) is 12.6 Å². The van der Waals surface area contributed by atoms with Crippen molar-refractivity contribution in [1.82, 2.24) is 4.90 Å². The Hall–Kier alpha value is -1.35. The zero-order valence-corrected chi connectivity index (χ0v) is 11.3. The van der Waals surface area contributed by atoms with Gasteiger partial charge in [-0.1, -0.05) is 36.8 Å². The molecule has 2 atom stereocenters. The van der Waals surface area contributed by atoms with Crippen LogP contribution in [-0.4, -0.2) is 30.0 Å². The summed E-state index contributed by atoms with van der Waals surface area (Å²) in [5, 5.41) is 0. The number of ether oxygens (including phenoxy) is 1. The van der Waals surface area contributed by atoms with Crippen molar-refractivity contribution in [2.75, 3.05) is 13.1 Å². The van der Waals surface area contributed by atoms with Gasteiger partial charge in [0, 0.05) is 13.0 Å². The monoisotopic (exact) mass is 247 g/mol. The van der Waals surface area contributed by atoms with E-state index in [1.54, 1.807) is 0 Å². The molecule has 3 nitrogen and oxygen atoms in total. The van der Waals surface area contributed by atoms with Crippen molar-refractivity contribution in [3.8, 4) is 0 Å². The van der Waals surface area contributed by atoms with Crippen molar-refractivity contribution in [2.24, 2.45) is 0 Å². The highest BCUT2D eigenvalue weighted by molar-refractivity contribution is 5.76. The van der Waals surface area contributed by atoms with Gasteiger partial charge >= 0.3 is 0 Å². The van der Waals surface area contributed by atoms with Gasteiger partial charge in [0.15, 0.2) is 0 Å². The number of morpholine rings is 1. The molecule has 1 aliphatic rings. The lowest BCUT2D eigenvalue weighted by molar-refractivity contribution is -0.144. The molecule has 1 amide bonds. The van der Waals surface area contributed by atoms with E-state index in [4.69, 9.17) is 4.74 Å². The molecule has 0 aromatic heterocycles. The minimum absolute atomic E-state index is 0.00449. The van der Waals surface area contributed by atoms with Crippen LogP contribution in [0.2, 0.25) is 0 Å². The summed E-state index contributed by atoms with van der Waals surface area (Å²) < 4.78 is 5.94. The Kier molecular flexibility index (Phi) is 4.02. The fourth-order valence-electron chi connectivity index (χ4n) is 2.34. The molecule has 0 bridgehead atoms. The zero-order chi connectivity index (χ0) is 13.1. The maximum absolute atomic E-state index is 11.8. The summed E-state index contributed by atoms with van der Waals surface area (Å²) in [6, 6.07) is 8.35. The van der Waals surface area contributed by atoms with Crippen molar-refractivity contribution in [3.63, 3.8) is 0 Å². The summed E-state index contributed by atoms with van der Waals surface area (Å²) in [5.41, 5.74) is 2.39. The Morgan fingerprint density at radius 1 is 1.33 bits per heavy atom. The number of carbonyl (C=O) groups is 1. The van der Waals surface area contributed by atoms with Crippen molar-refractivity contribution < 1.29 is 9.53 Å². The van der Waals surface area contributed by atoms with Crippen LogP contribution in [0.3, 0.4) is 0 Å². The van der Waals surface area contributed by atoms with Crippen LogP contribution in [0.1, 0.15) is 37.5 Å². The summed E-state index contributed by atoms with van der Waals surface area (Å²) >= 11 is 0. The van der Waals surface area contributed by atoms with Crippen LogP contribution in [0.15, 0.2) is 24.3 Å². The topological polar surface area (TPSA) is 29.5 Å². The molecule has 18 heavy (non-hydrogen) atoms. The second kappa shape index (κ2) is 5.53. The molecular weight excluding hydrogens is 226 g/mol. The van der Waals surface area contributed by atoms with Crippen LogP contribution < -0.4 is 0 Å². The minimum atomic E-state index is 0.00449. The predicted octanol–water partition coefficient (Wildman–Crippen LogP) is 2.69. The number of nitrogens with zero attached hydrogens (tertiary/aromatic N) is 1. The lowest BCUT2D eigenvalue weighted by Gasteiger charge is -2.37. The molecule has 2 rings (SSSR count). The summed E-state index contributed by atoms with van der Waals surface area (Å²) in [6.07, 6.45) is 0.665. The number of benzene rings is 1. The van der Waals surface area contributed by atoms with Gasteiger partial charge in [-0.2, -0.15) is 0 Å². The molecule has 1 aliphatic heterocycles. The lowest BCUT2D eigenvalue weighted by Crippen LogP contribution is -2.45. The van der Waals surface area contributed by atoms with Gasteiger partial charge in [-0.05, 0) is 19.4 Å². The molecule has 98 valence electrons. The Labute approximate surface area is 109 Å². The third-order valence-electron chi connectivity index (χ3n) is 3.36. The van der Waals surface area contributed by atoms with Gasteiger partial charge in [-0.25, -0.2) is 0 Å². The van der Waals surface area contributed by atoms with E-state index in [9.17, 15) is 4.79 Å². The summed E-state index contributed by atoms with van der Waals surface area (Å²) in [6.45, 7) is 7.37. The number of hydrogen-bond acceptors (Lipinski definition) is 2. The highest BCUT2D eigenvalue weighted by Crippen LogP contribution is 2.25. The summed E-state index contributed by atoms with van der Waals surface area (Å²) in [4.78, 5) is 13.7. The van der Waals surface area contributed by atoms with E-state index < -0.39 is 0 Å². The van der Waals surface area contributed by atoms with Crippen LogP contribution in [0.5, 0.6) is 0 Å². The molecule has 3 heteroatoms. The third-order valence-corrected chi connectivity index (χ3v) is 3.36. The first-order valence-corrected chi connectivity index (χ1v) is 6.60. The van der Waals surface area contributed by atoms with Crippen LogP contribution in [-0.2, 0) is 9.53 Å². The molecule has 1 heterocycles. The Morgan fingerprint density at radius 3 is 2.61 bits per heavy atom. The van der Waals surface area contributed by atoms with Crippen LogP contribution >= 0.6 is 0 Å². The molecule has 1 aromatic carbocycles. The molecule has 0 aliphatic carbocycles. The molecule has 0 radical (unpaired) electrons. The minimum Gasteiger partial charge on any atom is -0.367 e. The maximum atomic E-state index is 11.8. The fraction of sp³-hybridized carbons (Fsp3) is 0.533. The first-order valence-electron chi connectivity index (χ1n) is 6.60. The van der Waals surface area contributed by atoms with Crippen LogP contribution in [0, 0.1) is 6.92 Å². The molecule has 0 N–H and O–H groups in total. The molecular formula is C15H21NO2. The van der Waals surface area contributed by atoms with Gasteiger partial charge in [0.1, 0.15) is 6.10 Å². The molecule has 0 saturated carbocycles. The second-order valence-corrected chi connectivity index (χ2v) is 5.00. The number of hydrogen-bond donors (Lipinski definition) is 0. The van der Waals surface area contributed by atoms with Gasteiger partial charge < -0.3 is 9.64 Å². The van der Waals surface area contributed by atoms with E-state index in [1.165, 1.54) is 5.56 Å². The first-order chi connectivity index (χ1) is 8.60. The number of amides is 1. The molecule has 0 spiro atoms.